The van der Waals surface area contributed by atoms with Gasteiger partial charge in [0.05, 0.1) is 6.26 Å². The lowest BCUT2D eigenvalue weighted by molar-refractivity contribution is -0.121. The van der Waals surface area contributed by atoms with Crippen LogP contribution in [0.25, 0.3) is 0 Å². The molecular formula is C15H24N2O3S. The summed E-state index contributed by atoms with van der Waals surface area (Å²) in [5.74, 6) is -0.0333. The van der Waals surface area contributed by atoms with E-state index in [9.17, 15) is 13.2 Å². The van der Waals surface area contributed by atoms with E-state index in [0.29, 0.717) is 32.5 Å². The van der Waals surface area contributed by atoms with Crippen molar-refractivity contribution in [1.82, 2.24) is 9.62 Å². The Kier molecular flexibility index (Phi) is 7.39. The van der Waals surface area contributed by atoms with Gasteiger partial charge in [0, 0.05) is 26.1 Å². The van der Waals surface area contributed by atoms with Gasteiger partial charge < -0.3 is 5.32 Å². The zero-order valence-corrected chi connectivity index (χ0v) is 13.5. The van der Waals surface area contributed by atoms with Crippen LogP contribution >= 0.6 is 0 Å². The average molecular weight is 312 g/mol. The maximum atomic E-state index is 11.8. The first-order chi connectivity index (χ1) is 9.93. The van der Waals surface area contributed by atoms with E-state index in [4.69, 9.17) is 0 Å². The second-order valence-corrected chi connectivity index (χ2v) is 6.98. The predicted octanol–water partition coefficient (Wildman–Crippen LogP) is 1.41. The van der Waals surface area contributed by atoms with E-state index < -0.39 is 10.0 Å². The third-order valence-electron chi connectivity index (χ3n) is 3.12. The molecule has 1 aromatic carbocycles. The first-order valence-corrected chi connectivity index (χ1v) is 9.04. The minimum atomic E-state index is -3.26. The topological polar surface area (TPSA) is 66.5 Å². The summed E-state index contributed by atoms with van der Waals surface area (Å²) in [7, 11) is -3.26. The Bertz CT molecular complexity index is 529. The van der Waals surface area contributed by atoms with Gasteiger partial charge in [-0.2, -0.15) is 0 Å². The number of nitrogens with zero attached hydrogens (tertiary/aromatic N) is 1. The Morgan fingerprint density at radius 1 is 1.19 bits per heavy atom. The molecule has 1 rings (SSSR count). The average Bonchev–Trinajstić information content (AvgIpc) is 2.42. The van der Waals surface area contributed by atoms with Gasteiger partial charge in [0.2, 0.25) is 15.9 Å². The van der Waals surface area contributed by atoms with Gasteiger partial charge in [-0.25, -0.2) is 12.7 Å². The van der Waals surface area contributed by atoms with Crippen molar-refractivity contribution in [3.8, 4) is 0 Å². The van der Waals surface area contributed by atoms with Crippen LogP contribution in [0.15, 0.2) is 30.3 Å². The Morgan fingerprint density at radius 3 is 2.43 bits per heavy atom. The summed E-state index contributed by atoms with van der Waals surface area (Å²) >= 11 is 0. The summed E-state index contributed by atoms with van der Waals surface area (Å²) in [6.07, 6.45) is 3.13. The second-order valence-electron chi connectivity index (χ2n) is 5.00. The van der Waals surface area contributed by atoms with Crippen LogP contribution in [0.3, 0.4) is 0 Å². The van der Waals surface area contributed by atoms with Gasteiger partial charge in [-0.3, -0.25) is 4.79 Å². The normalized spacial score (nSPS) is 11.6. The summed E-state index contributed by atoms with van der Waals surface area (Å²) < 4.78 is 24.9. The van der Waals surface area contributed by atoms with Crippen LogP contribution in [0.2, 0.25) is 0 Å². The third-order valence-corrected chi connectivity index (χ3v) is 4.43. The molecule has 0 spiro atoms. The number of hydrogen-bond acceptors (Lipinski definition) is 3. The van der Waals surface area contributed by atoms with Crippen LogP contribution in [0, 0.1) is 0 Å². The van der Waals surface area contributed by atoms with E-state index in [2.05, 4.69) is 5.32 Å². The Hall–Kier alpha value is -1.40. The number of amides is 1. The number of nitrogens with one attached hydrogen (secondary N) is 1. The first-order valence-electron chi connectivity index (χ1n) is 7.19. The van der Waals surface area contributed by atoms with Crippen LogP contribution in [0.1, 0.15) is 25.3 Å². The molecule has 0 radical (unpaired) electrons. The zero-order chi connectivity index (χ0) is 15.7. The van der Waals surface area contributed by atoms with Gasteiger partial charge in [-0.05, 0) is 18.4 Å². The first kappa shape index (κ1) is 17.7. The van der Waals surface area contributed by atoms with E-state index in [0.717, 1.165) is 12.0 Å². The van der Waals surface area contributed by atoms with E-state index >= 15 is 0 Å². The van der Waals surface area contributed by atoms with Crippen molar-refractivity contribution in [3.63, 3.8) is 0 Å². The van der Waals surface area contributed by atoms with Crippen LogP contribution in [-0.2, 0) is 21.2 Å². The molecule has 0 fully saturated rings. The Labute approximate surface area is 127 Å². The summed E-state index contributed by atoms with van der Waals surface area (Å²) in [5.41, 5.74) is 1.10. The molecule has 0 saturated heterocycles. The molecule has 118 valence electrons. The summed E-state index contributed by atoms with van der Waals surface area (Å²) in [5, 5.41) is 2.74. The van der Waals surface area contributed by atoms with E-state index in [1.165, 1.54) is 10.6 Å². The van der Waals surface area contributed by atoms with Crippen LogP contribution in [0.5, 0.6) is 0 Å². The Balaban J connectivity index is 2.47. The molecule has 1 amide bonds. The van der Waals surface area contributed by atoms with Gasteiger partial charge in [0.1, 0.15) is 0 Å². The minimum Gasteiger partial charge on any atom is -0.355 e. The number of benzene rings is 1. The quantitative estimate of drug-likeness (QED) is 0.749. The molecule has 0 aliphatic rings. The maximum absolute atomic E-state index is 11.8. The van der Waals surface area contributed by atoms with Gasteiger partial charge >= 0.3 is 0 Å². The highest BCUT2D eigenvalue weighted by molar-refractivity contribution is 7.88. The lowest BCUT2D eigenvalue weighted by atomic mass is 10.1. The van der Waals surface area contributed by atoms with Crippen LogP contribution in [0.4, 0.5) is 0 Å². The fourth-order valence-electron chi connectivity index (χ4n) is 1.98. The lowest BCUT2D eigenvalue weighted by Gasteiger charge is -2.20. The molecule has 0 bridgehead atoms. The summed E-state index contributed by atoms with van der Waals surface area (Å²) in [6.45, 7) is 3.01. The predicted molar refractivity (Wildman–Crippen MR) is 84.5 cm³/mol. The highest BCUT2D eigenvalue weighted by atomic mass is 32.2. The van der Waals surface area contributed by atoms with Gasteiger partial charge in [0.15, 0.2) is 0 Å². The van der Waals surface area contributed by atoms with Crippen molar-refractivity contribution < 1.29 is 13.2 Å². The molecule has 0 aromatic heterocycles. The van der Waals surface area contributed by atoms with E-state index in [1.54, 1.807) is 0 Å². The highest BCUT2D eigenvalue weighted by Gasteiger charge is 2.16. The van der Waals surface area contributed by atoms with E-state index in [1.807, 2.05) is 37.3 Å². The van der Waals surface area contributed by atoms with E-state index in [-0.39, 0.29) is 5.91 Å². The summed E-state index contributed by atoms with van der Waals surface area (Å²) in [4.78, 5) is 11.4. The molecule has 1 N–H and O–H groups in total. The van der Waals surface area contributed by atoms with Crippen LogP contribution in [-0.4, -0.2) is 44.5 Å². The third kappa shape index (κ3) is 7.24. The molecule has 0 aliphatic heterocycles. The van der Waals surface area contributed by atoms with Gasteiger partial charge in [-0.1, -0.05) is 37.3 Å². The number of carbonyl (C=O) groups is 1. The van der Waals surface area contributed by atoms with Crippen molar-refractivity contribution in [2.24, 2.45) is 0 Å². The number of rotatable bonds is 9. The molecular weight excluding hydrogens is 288 g/mol. The molecule has 0 aliphatic carbocycles. The minimum absolute atomic E-state index is 0.0333. The molecule has 0 saturated carbocycles. The van der Waals surface area contributed by atoms with Crippen molar-refractivity contribution >= 4 is 15.9 Å². The fraction of sp³-hybridized carbons (Fsp3) is 0.533. The fourth-order valence-corrected chi connectivity index (χ4v) is 2.82. The smallest absolute Gasteiger partial charge is 0.220 e. The van der Waals surface area contributed by atoms with Crippen molar-refractivity contribution in [1.29, 1.82) is 0 Å². The number of hydrogen-bond donors (Lipinski definition) is 1. The maximum Gasteiger partial charge on any atom is 0.220 e. The van der Waals surface area contributed by atoms with Gasteiger partial charge in [-0.15, -0.1) is 0 Å². The van der Waals surface area contributed by atoms with Crippen molar-refractivity contribution in [2.45, 2.75) is 26.2 Å². The van der Waals surface area contributed by atoms with Crippen molar-refractivity contribution in [3.05, 3.63) is 35.9 Å². The van der Waals surface area contributed by atoms with Gasteiger partial charge in [0.25, 0.3) is 0 Å². The van der Waals surface area contributed by atoms with Crippen LogP contribution < -0.4 is 5.32 Å². The monoisotopic (exact) mass is 312 g/mol. The van der Waals surface area contributed by atoms with Crippen molar-refractivity contribution in [2.75, 3.05) is 25.9 Å². The molecule has 0 heterocycles. The Morgan fingerprint density at radius 2 is 1.86 bits per heavy atom. The second kappa shape index (κ2) is 8.79. The zero-order valence-electron chi connectivity index (χ0n) is 12.7. The highest BCUT2D eigenvalue weighted by Crippen LogP contribution is 2.04. The lowest BCUT2D eigenvalue weighted by Crippen LogP contribution is -2.39. The summed E-state index contributed by atoms with van der Waals surface area (Å²) in [6, 6.07) is 9.75. The number of sulfonamides is 1. The molecule has 1 aromatic rings. The SMILES string of the molecule is CCCC(=O)NCCN(CCc1ccccc1)S(C)(=O)=O. The molecule has 6 heteroatoms. The molecule has 5 nitrogen and oxygen atoms in total. The molecule has 0 atom stereocenters. The molecule has 21 heavy (non-hydrogen) atoms. The number of carbonyl (C=O) groups excluding carboxylic acids is 1. The standard InChI is InChI=1S/C15H24N2O3S/c1-3-7-15(18)16-11-13-17(21(2,19)20)12-10-14-8-5-4-6-9-14/h4-6,8-9H,3,7,10-13H2,1-2H3,(H,16,18). The largest absolute Gasteiger partial charge is 0.355 e. The molecule has 0 unspecified atom stereocenters.